The number of nitrogens with zero attached hydrogens (tertiary/aromatic N) is 1. The normalized spacial score (nSPS) is 12.4. The smallest absolute Gasteiger partial charge is 0.349 e. The zero-order valence-electron chi connectivity index (χ0n) is 14.9. The number of esters is 1. The third kappa shape index (κ3) is 4.15. The second-order valence-corrected chi connectivity index (χ2v) is 6.08. The van der Waals surface area contributed by atoms with Crippen LogP contribution in [0.25, 0.3) is 6.08 Å². The summed E-state index contributed by atoms with van der Waals surface area (Å²) in [5.41, 5.74) is 2.90. The number of benzene rings is 2. The molecule has 0 aliphatic carbocycles. The molecule has 1 heterocycles. The third-order valence-electron chi connectivity index (χ3n) is 4.21. The lowest BCUT2D eigenvalue weighted by Crippen LogP contribution is -2.15. The molecule has 27 heavy (non-hydrogen) atoms. The standard InChI is InChI=1S/C21H17NO5/c1-13-3-5-16(7-14(13)2)18(23)11-25-21(24)17(10-22)8-15-4-6-19-20(9-15)27-12-26-19/h3-9H,11-12H2,1-2H3/b17-8-. The number of hydrogen-bond acceptors (Lipinski definition) is 6. The number of ketones is 1. The minimum Gasteiger partial charge on any atom is -0.454 e. The molecule has 0 aromatic heterocycles. The molecule has 0 unspecified atom stereocenters. The molecule has 6 nitrogen and oxygen atoms in total. The van der Waals surface area contributed by atoms with Gasteiger partial charge >= 0.3 is 5.97 Å². The second kappa shape index (κ2) is 7.75. The fraction of sp³-hybridized carbons (Fsp3) is 0.190. The van der Waals surface area contributed by atoms with E-state index >= 15 is 0 Å². The van der Waals surface area contributed by atoms with E-state index in [4.69, 9.17) is 14.2 Å². The number of Topliss-reactive ketones (excluding diaryl/α,β-unsaturated/α-hetero) is 1. The van der Waals surface area contributed by atoms with Crippen LogP contribution in [0.5, 0.6) is 11.5 Å². The van der Waals surface area contributed by atoms with Crippen LogP contribution < -0.4 is 9.47 Å². The van der Waals surface area contributed by atoms with E-state index in [1.807, 2.05) is 19.9 Å². The average Bonchev–Trinajstić information content (AvgIpc) is 3.13. The molecule has 0 N–H and O–H groups in total. The van der Waals surface area contributed by atoms with Gasteiger partial charge in [-0.2, -0.15) is 5.26 Å². The van der Waals surface area contributed by atoms with Gasteiger partial charge in [0.1, 0.15) is 11.6 Å². The number of rotatable bonds is 5. The number of carbonyl (C=O) groups is 2. The Labute approximate surface area is 156 Å². The van der Waals surface area contributed by atoms with Gasteiger partial charge in [0.2, 0.25) is 6.79 Å². The van der Waals surface area contributed by atoms with Crippen molar-refractivity contribution in [2.24, 2.45) is 0 Å². The topological polar surface area (TPSA) is 85.6 Å². The molecule has 0 bridgehead atoms. The van der Waals surface area contributed by atoms with Gasteiger partial charge in [-0.25, -0.2) is 4.79 Å². The van der Waals surface area contributed by atoms with E-state index in [0.29, 0.717) is 22.6 Å². The first-order valence-electron chi connectivity index (χ1n) is 8.27. The highest BCUT2D eigenvalue weighted by Gasteiger charge is 2.16. The van der Waals surface area contributed by atoms with E-state index in [0.717, 1.165) is 11.1 Å². The summed E-state index contributed by atoms with van der Waals surface area (Å²) in [6.45, 7) is 3.56. The lowest BCUT2D eigenvalue weighted by Gasteiger charge is -2.06. The Morgan fingerprint density at radius 3 is 2.63 bits per heavy atom. The molecule has 0 radical (unpaired) electrons. The maximum Gasteiger partial charge on any atom is 0.349 e. The van der Waals surface area contributed by atoms with Gasteiger partial charge in [0.15, 0.2) is 23.9 Å². The Bertz CT molecular complexity index is 985. The SMILES string of the molecule is Cc1ccc(C(=O)COC(=O)/C(C#N)=C\c2ccc3c(c2)OCO3)cc1C. The van der Waals surface area contributed by atoms with Gasteiger partial charge in [0.25, 0.3) is 0 Å². The number of hydrogen-bond donors (Lipinski definition) is 0. The summed E-state index contributed by atoms with van der Waals surface area (Å²) in [5, 5.41) is 9.24. The average molecular weight is 363 g/mol. The molecule has 0 amide bonds. The van der Waals surface area contributed by atoms with Gasteiger partial charge in [-0.1, -0.05) is 18.2 Å². The van der Waals surface area contributed by atoms with Crippen molar-refractivity contribution >= 4 is 17.8 Å². The van der Waals surface area contributed by atoms with Gasteiger partial charge < -0.3 is 14.2 Å². The van der Waals surface area contributed by atoms with E-state index in [1.165, 1.54) is 6.08 Å². The zero-order valence-corrected chi connectivity index (χ0v) is 14.9. The molecular weight excluding hydrogens is 346 g/mol. The van der Waals surface area contributed by atoms with Crippen LogP contribution in [0.2, 0.25) is 0 Å². The zero-order chi connectivity index (χ0) is 19.4. The lowest BCUT2D eigenvalue weighted by atomic mass is 10.0. The Morgan fingerprint density at radius 2 is 1.89 bits per heavy atom. The number of aryl methyl sites for hydroxylation is 2. The van der Waals surface area contributed by atoms with Gasteiger partial charge in [-0.05, 0) is 54.8 Å². The first kappa shape index (κ1) is 18.2. The van der Waals surface area contributed by atoms with Gasteiger partial charge in [0.05, 0.1) is 0 Å². The van der Waals surface area contributed by atoms with Crippen LogP contribution in [0.15, 0.2) is 42.0 Å². The number of nitriles is 1. The summed E-state index contributed by atoms with van der Waals surface area (Å²) in [7, 11) is 0. The molecule has 1 aliphatic rings. The van der Waals surface area contributed by atoms with E-state index in [2.05, 4.69) is 0 Å². The van der Waals surface area contributed by atoms with Crippen LogP contribution in [-0.4, -0.2) is 25.2 Å². The molecule has 2 aromatic carbocycles. The summed E-state index contributed by atoms with van der Waals surface area (Å²) in [6, 6.07) is 12.1. The Hall–Kier alpha value is -3.59. The summed E-state index contributed by atoms with van der Waals surface area (Å²) < 4.78 is 15.5. The fourth-order valence-electron chi connectivity index (χ4n) is 2.51. The van der Waals surface area contributed by atoms with Crippen molar-refractivity contribution in [3.05, 3.63) is 64.2 Å². The van der Waals surface area contributed by atoms with Crippen molar-refractivity contribution in [3.63, 3.8) is 0 Å². The molecule has 3 rings (SSSR count). The van der Waals surface area contributed by atoms with Crippen molar-refractivity contribution in [2.75, 3.05) is 13.4 Å². The minimum atomic E-state index is -0.854. The summed E-state index contributed by atoms with van der Waals surface area (Å²) in [5.74, 6) is -0.0364. The quantitative estimate of drug-likeness (QED) is 0.350. The molecule has 0 atom stereocenters. The van der Waals surface area contributed by atoms with Gasteiger partial charge in [-0.15, -0.1) is 0 Å². The molecule has 136 valence electrons. The highest BCUT2D eigenvalue weighted by atomic mass is 16.7. The summed E-state index contributed by atoms with van der Waals surface area (Å²) >= 11 is 0. The Balaban J connectivity index is 1.67. The highest BCUT2D eigenvalue weighted by molar-refractivity contribution is 6.02. The molecule has 2 aromatic rings. The number of carbonyl (C=O) groups excluding carboxylic acids is 2. The fourth-order valence-corrected chi connectivity index (χ4v) is 2.51. The molecule has 0 saturated carbocycles. The lowest BCUT2D eigenvalue weighted by molar-refractivity contribution is -0.137. The molecule has 0 fully saturated rings. The van der Waals surface area contributed by atoms with E-state index in [1.54, 1.807) is 36.4 Å². The summed E-state index contributed by atoms with van der Waals surface area (Å²) in [6.07, 6.45) is 1.38. The van der Waals surface area contributed by atoms with Crippen molar-refractivity contribution in [1.29, 1.82) is 5.26 Å². The van der Waals surface area contributed by atoms with E-state index in [-0.39, 0.29) is 18.1 Å². The van der Waals surface area contributed by atoms with E-state index in [9.17, 15) is 14.9 Å². The molecule has 0 spiro atoms. The maximum atomic E-state index is 12.2. The van der Waals surface area contributed by atoms with Crippen LogP contribution in [0, 0.1) is 25.2 Å². The van der Waals surface area contributed by atoms with E-state index < -0.39 is 12.6 Å². The number of ether oxygens (including phenoxy) is 3. The molecule has 6 heteroatoms. The molecular formula is C21H17NO5. The first-order valence-corrected chi connectivity index (χ1v) is 8.27. The minimum absolute atomic E-state index is 0.135. The van der Waals surface area contributed by atoms with Crippen LogP contribution in [0.3, 0.4) is 0 Å². The van der Waals surface area contributed by atoms with Crippen molar-refractivity contribution in [1.82, 2.24) is 0 Å². The van der Waals surface area contributed by atoms with Gasteiger partial charge in [-0.3, -0.25) is 4.79 Å². The Kier molecular flexibility index (Phi) is 5.23. The third-order valence-corrected chi connectivity index (χ3v) is 4.21. The second-order valence-electron chi connectivity index (χ2n) is 6.08. The monoisotopic (exact) mass is 363 g/mol. The van der Waals surface area contributed by atoms with Crippen LogP contribution in [-0.2, 0) is 9.53 Å². The van der Waals surface area contributed by atoms with Gasteiger partial charge in [0, 0.05) is 5.56 Å². The first-order chi connectivity index (χ1) is 13.0. The Morgan fingerprint density at radius 1 is 1.11 bits per heavy atom. The largest absolute Gasteiger partial charge is 0.454 e. The van der Waals surface area contributed by atoms with Crippen molar-refractivity contribution < 1.29 is 23.8 Å². The highest BCUT2D eigenvalue weighted by Crippen LogP contribution is 2.33. The molecule has 0 saturated heterocycles. The molecule has 1 aliphatic heterocycles. The van der Waals surface area contributed by atoms with Crippen LogP contribution >= 0.6 is 0 Å². The predicted molar refractivity (Wildman–Crippen MR) is 97.4 cm³/mol. The maximum absolute atomic E-state index is 12.2. The van der Waals surface area contributed by atoms with Crippen molar-refractivity contribution in [2.45, 2.75) is 13.8 Å². The number of fused-ring (bicyclic) bond motifs is 1. The predicted octanol–water partition coefficient (Wildman–Crippen LogP) is 3.37. The van der Waals surface area contributed by atoms with Crippen molar-refractivity contribution in [3.8, 4) is 17.6 Å². The summed E-state index contributed by atoms with van der Waals surface area (Å²) in [4.78, 5) is 24.3. The van der Waals surface area contributed by atoms with Crippen LogP contribution in [0.1, 0.15) is 27.0 Å². The van der Waals surface area contributed by atoms with Crippen LogP contribution in [0.4, 0.5) is 0 Å².